The highest BCUT2D eigenvalue weighted by Crippen LogP contribution is 2.09. The van der Waals surface area contributed by atoms with Gasteiger partial charge in [0.05, 0.1) is 6.61 Å². The lowest BCUT2D eigenvalue weighted by Crippen LogP contribution is -2.25. The predicted octanol–water partition coefficient (Wildman–Crippen LogP) is 2.05. The molecule has 0 aliphatic carbocycles. The molecule has 0 bridgehead atoms. The third-order valence-electron chi connectivity index (χ3n) is 2.61. The molecule has 1 saturated heterocycles. The summed E-state index contributed by atoms with van der Waals surface area (Å²) in [4.78, 5) is 2.31. The number of nitrogens with zero attached hydrogens (tertiary/aromatic N) is 1. The van der Waals surface area contributed by atoms with Gasteiger partial charge in [-0.15, -0.1) is 0 Å². The van der Waals surface area contributed by atoms with Crippen LogP contribution in [0.5, 0.6) is 0 Å². The summed E-state index contributed by atoms with van der Waals surface area (Å²) in [6.45, 7) is 4.43. The second-order valence-corrected chi connectivity index (χ2v) is 3.87. The molecule has 0 atom stereocenters. The number of benzene rings is 1. The molecule has 82 valence electrons. The number of halogens is 1. The van der Waals surface area contributed by atoms with Gasteiger partial charge in [-0.25, -0.2) is 4.39 Å². The molecule has 0 spiro atoms. The molecule has 1 aliphatic heterocycles. The summed E-state index contributed by atoms with van der Waals surface area (Å²) in [7, 11) is 0. The molecule has 0 unspecified atom stereocenters. The third kappa shape index (κ3) is 3.29. The van der Waals surface area contributed by atoms with Crippen molar-refractivity contribution in [2.24, 2.45) is 0 Å². The average Bonchev–Trinajstić information content (AvgIpc) is 2.46. The van der Waals surface area contributed by atoms with E-state index in [-0.39, 0.29) is 5.82 Å². The Labute approximate surface area is 89.7 Å². The van der Waals surface area contributed by atoms with Crippen LogP contribution in [0.4, 0.5) is 4.39 Å². The van der Waals surface area contributed by atoms with E-state index in [1.807, 2.05) is 6.07 Å². The minimum absolute atomic E-state index is 0.154. The van der Waals surface area contributed by atoms with Gasteiger partial charge < -0.3 is 4.74 Å². The molecule has 1 heterocycles. The second-order valence-electron chi connectivity index (χ2n) is 3.87. The van der Waals surface area contributed by atoms with E-state index in [1.54, 1.807) is 12.1 Å². The Balaban J connectivity index is 1.95. The second kappa shape index (κ2) is 5.24. The average molecular weight is 209 g/mol. The largest absolute Gasteiger partial charge is 0.380 e. The van der Waals surface area contributed by atoms with Gasteiger partial charge in [-0.2, -0.15) is 0 Å². The topological polar surface area (TPSA) is 12.5 Å². The molecule has 1 aromatic rings. The Kier molecular flexibility index (Phi) is 3.69. The van der Waals surface area contributed by atoms with Crippen molar-refractivity contribution in [3.63, 3.8) is 0 Å². The van der Waals surface area contributed by atoms with Crippen LogP contribution in [0.3, 0.4) is 0 Å². The van der Waals surface area contributed by atoms with Crippen LogP contribution < -0.4 is 0 Å². The number of rotatable bonds is 2. The van der Waals surface area contributed by atoms with Crippen LogP contribution in [-0.2, 0) is 11.3 Å². The highest BCUT2D eigenvalue weighted by Gasteiger charge is 2.09. The lowest BCUT2D eigenvalue weighted by molar-refractivity contribution is 0.140. The fraction of sp³-hybridized carbons (Fsp3) is 0.500. The van der Waals surface area contributed by atoms with Crippen molar-refractivity contribution in [1.29, 1.82) is 0 Å². The van der Waals surface area contributed by atoms with E-state index in [9.17, 15) is 4.39 Å². The van der Waals surface area contributed by atoms with Crippen LogP contribution >= 0.6 is 0 Å². The number of hydrogen-bond donors (Lipinski definition) is 0. The summed E-state index contributed by atoms with van der Waals surface area (Å²) in [5, 5.41) is 0. The minimum atomic E-state index is -0.154. The van der Waals surface area contributed by atoms with Gasteiger partial charge in [0.2, 0.25) is 0 Å². The Hall–Kier alpha value is -0.930. The zero-order valence-electron chi connectivity index (χ0n) is 8.79. The van der Waals surface area contributed by atoms with Crippen molar-refractivity contribution in [1.82, 2.24) is 4.90 Å². The molecule has 0 radical (unpaired) electrons. The Bertz CT molecular complexity index is 308. The predicted molar refractivity (Wildman–Crippen MR) is 57.1 cm³/mol. The highest BCUT2D eigenvalue weighted by molar-refractivity contribution is 5.16. The first kappa shape index (κ1) is 10.6. The van der Waals surface area contributed by atoms with Crippen LogP contribution in [0.25, 0.3) is 0 Å². The van der Waals surface area contributed by atoms with Gasteiger partial charge in [0.1, 0.15) is 5.82 Å². The molecule has 3 heteroatoms. The van der Waals surface area contributed by atoms with Crippen LogP contribution in [-0.4, -0.2) is 31.2 Å². The van der Waals surface area contributed by atoms with Crippen molar-refractivity contribution in [3.8, 4) is 0 Å². The lowest BCUT2D eigenvalue weighted by atomic mass is 10.2. The molecule has 0 amide bonds. The smallest absolute Gasteiger partial charge is 0.123 e. The monoisotopic (exact) mass is 209 g/mol. The molecule has 1 aromatic carbocycles. The summed E-state index contributed by atoms with van der Waals surface area (Å²) in [5.74, 6) is -0.154. The van der Waals surface area contributed by atoms with Crippen LogP contribution in [0.15, 0.2) is 24.3 Å². The SMILES string of the molecule is Fc1cccc(CN2CCCOCC2)c1. The molecule has 2 nitrogen and oxygen atoms in total. The fourth-order valence-electron chi connectivity index (χ4n) is 1.85. The normalized spacial score (nSPS) is 18.7. The fourth-order valence-corrected chi connectivity index (χ4v) is 1.85. The van der Waals surface area contributed by atoms with Crippen molar-refractivity contribution >= 4 is 0 Å². The minimum Gasteiger partial charge on any atom is -0.380 e. The Morgan fingerprint density at radius 2 is 2.20 bits per heavy atom. The molecular weight excluding hydrogens is 193 g/mol. The van der Waals surface area contributed by atoms with E-state index in [0.29, 0.717) is 0 Å². The standard InChI is InChI=1S/C12H16FNO/c13-12-4-1-3-11(9-12)10-14-5-2-7-15-8-6-14/h1,3-4,9H,2,5-8,10H2. The van der Waals surface area contributed by atoms with E-state index in [4.69, 9.17) is 4.74 Å². The molecule has 0 aromatic heterocycles. The molecule has 0 saturated carbocycles. The van der Waals surface area contributed by atoms with Crippen molar-refractivity contribution in [2.75, 3.05) is 26.3 Å². The first-order valence-corrected chi connectivity index (χ1v) is 5.39. The van der Waals surface area contributed by atoms with E-state index >= 15 is 0 Å². The maximum Gasteiger partial charge on any atom is 0.123 e. The third-order valence-corrected chi connectivity index (χ3v) is 2.61. The maximum atomic E-state index is 13.0. The molecular formula is C12H16FNO. The van der Waals surface area contributed by atoms with Crippen molar-refractivity contribution in [2.45, 2.75) is 13.0 Å². The maximum absolute atomic E-state index is 13.0. The van der Waals surface area contributed by atoms with Crippen molar-refractivity contribution < 1.29 is 9.13 Å². The molecule has 2 rings (SSSR count). The first-order valence-electron chi connectivity index (χ1n) is 5.39. The summed E-state index contributed by atoms with van der Waals surface area (Å²) in [6, 6.07) is 6.81. The van der Waals surface area contributed by atoms with Crippen LogP contribution in [0.2, 0.25) is 0 Å². The van der Waals surface area contributed by atoms with E-state index in [1.165, 1.54) is 6.07 Å². The van der Waals surface area contributed by atoms with Gasteiger partial charge in [-0.05, 0) is 24.1 Å². The Morgan fingerprint density at radius 1 is 1.27 bits per heavy atom. The van der Waals surface area contributed by atoms with Crippen LogP contribution in [0.1, 0.15) is 12.0 Å². The zero-order chi connectivity index (χ0) is 10.5. The van der Waals surface area contributed by atoms with E-state index in [0.717, 1.165) is 44.8 Å². The first-order chi connectivity index (χ1) is 7.34. The Morgan fingerprint density at radius 3 is 3.07 bits per heavy atom. The molecule has 1 fully saturated rings. The molecule has 0 N–H and O–H groups in total. The quantitative estimate of drug-likeness (QED) is 0.739. The van der Waals surface area contributed by atoms with E-state index in [2.05, 4.69) is 4.90 Å². The van der Waals surface area contributed by atoms with Gasteiger partial charge in [0, 0.05) is 26.2 Å². The van der Waals surface area contributed by atoms with Gasteiger partial charge in [0.25, 0.3) is 0 Å². The van der Waals surface area contributed by atoms with Crippen molar-refractivity contribution in [3.05, 3.63) is 35.6 Å². The van der Waals surface area contributed by atoms with Gasteiger partial charge in [0.15, 0.2) is 0 Å². The van der Waals surface area contributed by atoms with Gasteiger partial charge in [-0.1, -0.05) is 12.1 Å². The van der Waals surface area contributed by atoms with Crippen LogP contribution in [0, 0.1) is 5.82 Å². The van der Waals surface area contributed by atoms with Gasteiger partial charge in [-0.3, -0.25) is 4.90 Å². The summed E-state index contributed by atoms with van der Waals surface area (Å²) in [5.41, 5.74) is 1.04. The molecule has 15 heavy (non-hydrogen) atoms. The van der Waals surface area contributed by atoms with Gasteiger partial charge >= 0.3 is 0 Å². The molecule has 1 aliphatic rings. The zero-order valence-corrected chi connectivity index (χ0v) is 8.79. The highest BCUT2D eigenvalue weighted by atomic mass is 19.1. The summed E-state index contributed by atoms with van der Waals surface area (Å²) < 4.78 is 18.3. The lowest BCUT2D eigenvalue weighted by Gasteiger charge is -2.18. The van der Waals surface area contributed by atoms with E-state index < -0.39 is 0 Å². The number of hydrogen-bond acceptors (Lipinski definition) is 2. The summed E-state index contributed by atoms with van der Waals surface area (Å²) in [6.07, 6.45) is 1.06. The summed E-state index contributed by atoms with van der Waals surface area (Å²) >= 11 is 0. The number of ether oxygens (including phenoxy) is 1.